The van der Waals surface area contributed by atoms with Crippen LogP contribution in [0.25, 0.3) is 0 Å². The van der Waals surface area contributed by atoms with Gasteiger partial charge in [0.05, 0.1) is 12.8 Å². The minimum atomic E-state index is -0.493. The van der Waals surface area contributed by atoms with E-state index in [9.17, 15) is 4.79 Å². The Labute approximate surface area is 116 Å². The van der Waals surface area contributed by atoms with Crippen LogP contribution in [-0.4, -0.2) is 29.3 Å². The first-order valence-electron chi connectivity index (χ1n) is 5.47. The second-order valence-electron chi connectivity index (χ2n) is 4.22. The Kier molecular flexibility index (Phi) is 5.62. The van der Waals surface area contributed by atoms with Crippen molar-refractivity contribution in [3.8, 4) is 0 Å². The molecule has 0 amide bonds. The molecule has 1 rings (SSSR count). The number of carbonyl (C=O) groups is 1. The van der Waals surface area contributed by atoms with E-state index in [4.69, 9.17) is 27.9 Å². The summed E-state index contributed by atoms with van der Waals surface area (Å²) in [6.07, 6.45) is 0.614. The van der Waals surface area contributed by atoms with E-state index in [0.717, 1.165) is 0 Å². The second-order valence-corrected chi connectivity index (χ2v) is 4.97. The Morgan fingerprint density at radius 3 is 2.67 bits per heavy atom. The number of hydrogen-bond acceptors (Lipinski definition) is 5. The molecule has 1 aromatic rings. The van der Waals surface area contributed by atoms with E-state index in [1.807, 2.05) is 13.8 Å². The molecule has 1 aromatic heterocycles. The number of rotatable bonds is 5. The lowest BCUT2D eigenvalue weighted by Crippen LogP contribution is -2.32. The van der Waals surface area contributed by atoms with E-state index >= 15 is 0 Å². The maximum Gasteiger partial charge on any atom is 0.328 e. The summed E-state index contributed by atoms with van der Waals surface area (Å²) < 4.78 is 4.74. The lowest BCUT2D eigenvalue weighted by Gasteiger charge is -2.19. The van der Waals surface area contributed by atoms with Crippen molar-refractivity contribution in [1.29, 1.82) is 0 Å². The molecule has 7 heteroatoms. The van der Waals surface area contributed by atoms with Crippen LogP contribution >= 0.6 is 23.2 Å². The van der Waals surface area contributed by atoms with Crippen LogP contribution in [0.15, 0.2) is 6.07 Å². The van der Waals surface area contributed by atoms with Gasteiger partial charge in [-0.3, -0.25) is 0 Å². The normalized spacial score (nSPS) is 12.3. The van der Waals surface area contributed by atoms with Gasteiger partial charge in [-0.2, -0.15) is 0 Å². The molecule has 1 atom stereocenters. The van der Waals surface area contributed by atoms with Crippen molar-refractivity contribution in [3.63, 3.8) is 0 Å². The molecule has 0 radical (unpaired) electrons. The number of carbonyl (C=O) groups excluding carboxylic acids is 1. The van der Waals surface area contributed by atoms with Gasteiger partial charge in [-0.15, -0.1) is 10.2 Å². The Morgan fingerprint density at radius 2 is 2.11 bits per heavy atom. The maximum absolute atomic E-state index is 11.7. The molecule has 0 bridgehead atoms. The fourth-order valence-corrected chi connectivity index (χ4v) is 1.76. The van der Waals surface area contributed by atoms with E-state index in [1.165, 1.54) is 13.2 Å². The highest BCUT2D eigenvalue weighted by molar-refractivity contribution is 6.33. The number of nitrogens with zero attached hydrogens (tertiary/aromatic N) is 2. The first kappa shape index (κ1) is 15.0. The van der Waals surface area contributed by atoms with E-state index in [0.29, 0.717) is 18.0 Å². The van der Waals surface area contributed by atoms with Crippen LogP contribution in [0.5, 0.6) is 0 Å². The van der Waals surface area contributed by atoms with Crippen LogP contribution in [-0.2, 0) is 9.53 Å². The van der Waals surface area contributed by atoms with Gasteiger partial charge in [0.25, 0.3) is 0 Å². The van der Waals surface area contributed by atoms with Gasteiger partial charge in [0, 0.05) is 6.07 Å². The molecule has 0 spiro atoms. The van der Waals surface area contributed by atoms with E-state index in [1.54, 1.807) is 0 Å². The Balaban J connectivity index is 2.88. The highest BCUT2D eigenvalue weighted by Gasteiger charge is 2.21. The highest BCUT2D eigenvalue weighted by atomic mass is 35.5. The fraction of sp³-hybridized carbons (Fsp3) is 0.545. The predicted octanol–water partition coefficient (Wildman–Crippen LogP) is 2.78. The van der Waals surface area contributed by atoms with Gasteiger partial charge in [-0.25, -0.2) is 4.79 Å². The first-order valence-corrected chi connectivity index (χ1v) is 6.22. The molecule has 0 aliphatic heterocycles. The summed E-state index contributed by atoms with van der Waals surface area (Å²) in [6.45, 7) is 4.02. The van der Waals surface area contributed by atoms with Crippen molar-refractivity contribution in [2.75, 3.05) is 12.4 Å². The summed E-state index contributed by atoms with van der Waals surface area (Å²) in [5.74, 6) is -0.0293. The van der Waals surface area contributed by atoms with Gasteiger partial charge < -0.3 is 10.1 Å². The number of hydrogen-bond donors (Lipinski definition) is 1. The molecule has 0 fully saturated rings. The summed E-state index contributed by atoms with van der Waals surface area (Å²) >= 11 is 11.6. The molecule has 0 saturated carbocycles. The zero-order chi connectivity index (χ0) is 13.7. The summed E-state index contributed by atoms with van der Waals surface area (Å²) in [7, 11) is 1.34. The summed E-state index contributed by atoms with van der Waals surface area (Å²) in [5.41, 5.74) is 0.465. The zero-order valence-electron chi connectivity index (χ0n) is 10.4. The molecule has 100 valence electrons. The molecule has 1 heterocycles. The predicted molar refractivity (Wildman–Crippen MR) is 70.9 cm³/mol. The third kappa shape index (κ3) is 4.31. The molecule has 0 aliphatic carbocycles. The highest BCUT2D eigenvalue weighted by Crippen LogP contribution is 2.23. The fourth-order valence-electron chi connectivity index (χ4n) is 1.47. The van der Waals surface area contributed by atoms with Gasteiger partial charge in [-0.05, 0) is 12.3 Å². The van der Waals surface area contributed by atoms with Crippen molar-refractivity contribution in [2.45, 2.75) is 26.3 Å². The van der Waals surface area contributed by atoms with Crippen molar-refractivity contribution in [3.05, 3.63) is 16.4 Å². The van der Waals surface area contributed by atoms with Crippen molar-refractivity contribution < 1.29 is 9.53 Å². The molecular formula is C11H15Cl2N3O2. The van der Waals surface area contributed by atoms with Crippen molar-refractivity contribution in [1.82, 2.24) is 10.2 Å². The van der Waals surface area contributed by atoms with Gasteiger partial charge in [-0.1, -0.05) is 37.0 Å². The van der Waals surface area contributed by atoms with Crippen LogP contribution < -0.4 is 5.32 Å². The molecule has 5 nitrogen and oxygen atoms in total. The van der Waals surface area contributed by atoms with E-state index < -0.39 is 6.04 Å². The monoisotopic (exact) mass is 291 g/mol. The zero-order valence-corrected chi connectivity index (χ0v) is 11.9. The smallest absolute Gasteiger partial charge is 0.328 e. The third-order valence-corrected chi connectivity index (χ3v) is 2.71. The van der Waals surface area contributed by atoms with Gasteiger partial charge in [0.15, 0.2) is 10.3 Å². The maximum atomic E-state index is 11.7. The molecule has 18 heavy (non-hydrogen) atoms. The number of methoxy groups -OCH3 is 1. The number of aromatic nitrogens is 2. The largest absolute Gasteiger partial charge is 0.467 e. The molecule has 0 aromatic carbocycles. The number of ether oxygens (including phenoxy) is 1. The van der Waals surface area contributed by atoms with Crippen LogP contribution in [0, 0.1) is 5.92 Å². The van der Waals surface area contributed by atoms with Crippen molar-refractivity contribution in [2.24, 2.45) is 5.92 Å². The second kappa shape index (κ2) is 6.75. The lowest BCUT2D eigenvalue weighted by molar-refractivity contribution is -0.141. The average Bonchev–Trinajstić information content (AvgIpc) is 2.31. The topological polar surface area (TPSA) is 64.1 Å². The summed E-state index contributed by atoms with van der Waals surface area (Å²) in [4.78, 5) is 11.7. The number of anilines is 1. The Morgan fingerprint density at radius 1 is 1.44 bits per heavy atom. The van der Waals surface area contributed by atoms with Gasteiger partial charge in [0.2, 0.25) is 0 Å². The molecule has 0 saturated heterocycles. The summed E-state index contributed by atoms with van der Waals surface area (Å²) in [5, 5.41) is 10.6. The molecule has 1 unspecified atom stereocenters. The SMILES string of the molecule is COC(=O)C(CC(C)C)Nc1cc(Cl)nnc1Cl. The van der Waals surface area contributed by atoms with Crippen LogP contribution in [0.1, 0.15) is 20.3 Å². The standard InChI is InChI=1S/C11H15Cl2N3O2/c1-6(2)4-8(11(17)18-3)14-7-5-9(12)15-16-10(7)13/h5-6,8H,4H2,1-3H3,(H,14,15). The van der Waals surface area contributed by atoms with E-state index in [-0.39, 0.29) is 16.3 Å². The number of halogens is 2. The minimum absolute atomic E-state index is 0.164. The van der Waals surface area contributed by atoms with Crippen LogP contribution in [0.3, 0.4) is 0 Å². The molecule has 0 aliphatic rings. The summed E-state index contributed by atoms with van der Waals surface area (Å²) in [6, 6.07) is 1.03. The lowest BCUT2D eigenvalue weighted by atomic mass is 10.0. The average molecular weight is 292 g/mol. The Hall–Kier alpha value is -1.07. The van der Waals surface area contributed by atoms with Crippen LogP contribution in [0.2, 0.25) is 10.3 Å². The quantitative estimate of drug-likeness (QED) is 0.845. The van der Waals surface area contributed by atoms with Gasteiger partial charge in [0.1, 0.15) is 6.04 Å². The van der Waals surface area contributed by atoms with E-state index in [2.05, 4.69) is 15.5 Å². The number of nitrogens with one attached hydrogen (secondary N) is 1. The van der Waals surface area contributed by atoms with Crippen LogP contribution in [0.4, 0.5) is 5.69 Å². The van der Waals surface area contributed by atoms with Gasteiger partial charge >= 0.3 is 5.97 Å². The third-order valence-electron chi connectivity index (χ3n) is 2.24. The molecular weight excluding hydrogens is 277 g/mol. The first-order chi connectivity index (χ1) is 8.43. The van der Waals surface area contributed by atoms with Crippen molar-refractivity contribution >= 4 is 34.9 Å². The number of esters is 1. The minimum Gasteiger partial charge on any atom is -0.467 e. The Bertz CT molecular complexity index is 427. The molecule has 1 N–H and O–H groups in total.